The predicted molar refractivity (Wildman–Crippen MR) is 77.6 cm³/mol. The van der Waals surface area contributed by atoms with Crippen LogP contribution in [0.15, 0.2) is 42.5 Å². The highest BCUT2D eigenvalue weighted by molar-refractivity contribution is 5.86. The second kappa shape index (κ2) is 5.87. The van der Waals surface area contributed by atoms with Crippen LogP contribution in [0.25, 0.3) is 10.8 Å². The number of hydrogen-bond acceptors (Lipinski definition) is 2. The Kier molecular flexibility index (Phi) is 4.20. The minimum atomic E-state index is -0.294. The van der Waals surface area contributed by atoms with Gasteiger partial charge in [0.05, 0.1) is 5.92 Å². The summed E-state index contributed by atoms with van der Waals surface area (Å²) in [4.78, 5) is 11.8. The van der Waals surface area contributed by atoms with Crippen molar-refractivity contribution in [3.8, 4) is 0 Å². The van der Waals surface area contributed by atoms with E-state index in [2.05, 4.69) is 25.1 Å². The number of carbonyl (C=O) groups is 1. The van der Waals surface area contributed by atoms with Gasteiger partial charge in [-0.25, -0.2) is 0 Å². The molecule has 2 aromatic rings. The Balaban J connectivity index is 2.27. The first-order chi connectivity index (χ1) is 9.13. The van der Waals surface area contributed by atoms with E-state index in [0.29, 0.717) is 6.42 Å². The summed E-state index contributed by atoms with van der Waals surface area (Å²) in [5.74, 6) is -0.527. The first-order valence-corrected chi connectivity index (χ1v) is 6.64. The molecule has 0 spiro atoms. The van der Waals surface area contributed by atoms with Gasteiger partial charge in [0, 0.05) is 0 Å². The smallest absolute Gasteiger partial charge is 0.309 e. The average molecular weight is 255 g/mol. The molecule has 0 saturated heterocycles. The Morgan fingerprint density at radius 3 is 2.63 bits per heavy atom. The molecule has 2 nitrogen and oxygen atoms in total. The molecule has 2 unspecified atom stereocenters. The summed E-state index contributed by atoms with van der Waals surface area (Å²) in [5.41, 5.74) is 1.04. The van der Waals surface area contributed by atoms with Crippen LogP contribution in [0.4, 0.5) is 0 Å². The first kappa shape index (κ1) is 13.6. The highest BCUT2D eigenvalue weighted by Crippen LogP contribution is 2.27. The zero-order chi connectivity index (χ0) is 13.8. The second-order valence-electron chi connectivity index (χ2n) is 4.75. The molecule has 0 aliphatic carbocycles. The minimum Gasteiger partial charge on any atom is -0.458 e. The van der Waals surface area contributed by atoms with Crippen LogP contribution >= 0.6 is 0 Å². The molecule has 2 heteroatoms. The average Bonchev–Trinajstić information content (AvgIpc) is 2.45. The lowest BCUT2D eigenvalue weighted by Crippen LogP contribution is -2.16. The Morgan fingerprint density at radius 2 is 1.89 bits per heavy atom. The van der Waals surface area contributed by atoms with Crippen LogP contribution < -0.4 is 0 Å². The van der Waals surface area contributed by atoms with Crippen molar-refractivity contribution in [3.05, 3.63) is 55.0 Å². The molecule has 0 N–H and O–H groups in total. The topological polar surface area (TPSA) is 26.3 Å². The third-order valence-corrected chi connectivity index (χ3v) is 3.38. The molecule has 2 aromatic carbocycles. The summed E-state index contributed by atoms with van der Waals surface area (Å²) in [6.45, 7) is 7.63. The number of benzene rings is 2. The zero-order valence-electron chi connectivity index (χ0n) is 11.4. The van der Waals surface area contributed by atoms with Crippen molar-refractivity contribution in [1.82, 2.24) is 0 Å². The molecule has 0 aliphatic heterocycles. The molecule has 0 aliphatic rings. The van der Waals surface area contributed by atoms with E-state index in [4.69, 9.17) is 4.74 Å². The second-order valence-corrected chi connectivity index (χ2v) is 4.75. The van der Waals surface area contributed by atoms with Gasteiger partial charge in [-0.1, -0.05) is 49.4 Å². The van der Waals surface area contributed by atoms with Gasteiger partial charge in [-0.3, -0.25) is 4.79 Å². The summed E-state index contributed by atoms with van der Waals surface area (Å²) in [6, 6.07) is 14.2. The molecule has 2 rings (SSSR count). The maximum Gasteiger partial charge on any atom is 0.309 e. The number of esters is 1. The van der Waals surface area contributed by atoms with Crippen LogP contribution in [0.2, 0.25) is 0 Å². The summed E-state index contributed by atoms with van der Waals surface area (Å²) in [5, 5.41) is 2.28. The fraction of sp³-hybridized carbons (Fsp3) is 0.294. The molecular formula is C17H19O2. The largest absolute Gasteiger partial charge is 0.458 e. The summed E-state index contributed by atoms with van der Waals surface area (Å²) >= 11 is 0. The molecular weight excluding hydrogens is 236 g/mol. The summed E-state index contributed by atoms with van der Waals surface area (Å²) in [7, 11) is 0. The third kappa shape index (κ3) is 2.95. The van der Waals surface area contributed by atoms with E-state index >= 15 is 0 Å². The molecule has 0 amide bonds. The monoisotopic (exact) mass is 255 g/mol. The van der Waals surface area contributed by atoms with E-state index in [1.807, 2.05) is 38.1 Å². The van der Waals surface area contributed by atoms with E-state index in [1.165, 1.54) is 0 Å². The van der Waals surface area contributed by atoms with Gasteiger partial charge in [-0.05, 0) is 36.6 Å². The summed E-state index contributed by atoms with van der Waals surface area (Å²) < 4.78 is 5.50. The lowest BCUT2D eigenvalue weighted by molar-refractivity contribution is -0.152. The Morgan fingerprint density at radius 1 is 1.21 bits per heavy atom. The summed E-state index contributed by atoms with van der Waals surface area (Å²) in [6.07, 6.45) is 0.440. The minimum absolute atomic E-state index is 0.233. The normalized spacial score (nSPS) is 14.1. The van der Waals surface area contributed by atoms with Crippen molar-refractivity contribution in [2.45, 2.75) is 26.4 Å². The molecule has 19 heavy (non-hydrogen) atoms. The number of hydrogen-bond donors (Lipinski definition) is 0. The van der Waals surface area contributed by atoms with Crippen molar-refractivity contribution < 1.29 is 9.53 Å². The van der Waals surface area contributed by atoms with Gasteiger partial charge in [0.1, 0.15) is 6.10 Å². The molecule has 0 heterocycles. The lowest BCUT2D eigenvalue weighted by Gasteiger charge is -2.18. The maximum atomic E-state index is 11.8. The molecule has 0 bridgehead atoms. The number of rotatable bonds is 4. The molecule has 2 atom stereocenters. The van der Waals surface area contributed by atoms with Crippen molar-refractivity contribution in [3.63, 3.8) is 0 Å². The van der Waals surface area contributed by atoms with E-state index in [1.54, 1.807) is 0 Å². The molecule has 0 aromatic heterocycles. The number of ether oxygens (including phenoxy) is 1. The fourth-order valence-electron chi connectivity index (χ4n) is 2.11. The Bertz CT molecular complexity index is 569. The van der Waals surface area contributed by atoms with E-state index in [0.717, 1.165) is 16.3 Å². The molecule has 0 fully saturated rings. The Hall–Kier alpha value is -1.83. The maximum absolute atomic E-state index is 11.8. The quantitative estimate of drug-likeness (QED) is 0.761. The number of fused-ring (bicyclic) bond motifs is 1. The van der Waals surface area contributed by atoms with E-state index in [9.17, 15) is 4.79 Å². The zero-order valence-corrected chi connectivity index (χ0v) is 11.4. The highest BCUT2D eigenvalue weighted by Gasteiger charge is 2.18. The van der Waals surface area contributed by atoms with Gasteiger partial charge < -0.3 is 4.74 Å². The van der Waals surface area contributed by atoms with Crippen LogP contribution in [0, 0.1) is 12.8 Å². The van der Waals surface area contributed by atoms with Crippen LogP contribution in [0.3, 0.4) is 0 Å². The van der Waals surface area contributed by atoms with Gasteiger partial charge in [0.25, 0.3) is 0 Å². The highest BCUT2D eigenvalue weighted by atomic mass is 16.5. The van der Waals surface area contributed by atoms with Crippen molar-refractivity contribution in [2.75, 3.05) is 0 Å². The van der Waals surface area contributed by atoms with Gasteiger partial charge in [0.2, 0.25) is 0 Å². The van der Waals surface area contributed by atoms with E-state index < -0.39 is 0 Å². The molecule has 99 valence electrons. The first-order valence-electron chi connectivity index (χ1n) is 6.64. The van der Waals surface area contributed by atoms with Crippen LogP contribution in [0.1, 0.15) is 31.9 Å². The standard InChI is InChI=1S/C17H19O2/c1-4-12(2)17(18)19-13(3)15-11-7-9-14-8-5-6-10-16(14)15/h5-13H,2,4H2,1,3H3. The van der Waals surface area contributed by atoms with Crippen molar-refractivity contribution in [2.24, 2.45) is 5.92 Å². The lowest BCUT2D eigenvalue weighted by atomic mass is 10.0. The van der Waals surface area contributed by atoms with Crippen LogP contribution in [-0.4, -0.2) is 5.97 Å². The molecule has 0 saturated carbocycles. The third-order valence-electron chi connectivity index (χ3n) is 3.38. The predicted octanol–water partition coefficient (Wildman–Crippen LogP) is 4.30. The number of carbonyl (C=O) groups excluding carboxylic acids is 1. The van der Waals surface area contributed by atoms with Crippen LogP contribution in [0.5, 0.6) is 0 Å². The van der Waals surface area contributed by atoms with Crippen LogP contribution in [-0.2, 0) is 9.53 Å². The molecule has 1 radical (unpaired) electrons. The van der Waals surface area contributed by atoms with Crippen molar-refractivity contribution in [1.29, 1.82) is 0 Å². The van der Waals surface area contributed by atoms with Gasteiger partial charge >= 0.3 is 5.97 Å². The van der Waals surface area contributed by atoms with Gasteiger partial charge in [-0.2, -0.15) is 0 Å². The van der Waals surface area contributed by atoms with E-state index in [-0.39, 0.29) is 18.0 Å². The van der Waals surface area contributed by atoms with Gasteiger partial charge in [0.15, 0.2) is 0 Å². The van der Waals surface area contributed by atoms with Crippen molar-refractivity contribution >= 4 is 16.7 Å². The Labute approximate surface area is 114 Å². The van der Waals surface area contributed by atoms with Gasteiger partial charge in [-0.15, -0.1) is 0 Å². The SMILES string of the molecule is [CH2]C(CC)C(=O)OC(C)c1cccc2ccccc12. The fourth-order valence-corrected chi connectivity index (χ4v) is 2.11.